The number of methoxy groups -OCH3 is 1. The molecule has 3 heterocycles. The van der Waals surface area contributed by atoms with Gasteiger partial charge in [0.05, 0.1) is 37.3 Å². The van der Waals surface area contributed by atoms with Crippen molar-refractivity contribution < 1.29 is 9.47 Å². The fourth-order valence-corrected chi connectivity index (χ4v) is 3.07. The first-order chi connectivity index (χ1) is 12.3. The molecule has 1 aliphatic rings. The Morgan fingerprint density at radius 1 is 1.36 bits per heavy atom. The summed E-state index contributed by atoms with van der Waals surface area (Å²) in [4.78, 5) is 10.3. The first-order valence-electron chi connectivity index (χ1n) is 8.36. The van der Waals surface area contributed by atoms with Gasteiger partial charge in [-0.25, -0.2) is 9.67 Å². The Labute approximate surface area is 144 Å². The van der Waals surface area contributed by atoms with E-state index in [1.807, 2.05) is 24.3 Å². The van der Waals surface area contributed by atoms with Crippen LogP contribution in [0, 0.1) is 0 Å². The van der Waals surface area contributed by atoms with Gasteiger partial charge >= 0.3 is 0 Å². The first kappa shape index (κ1) is 16.1. The van der Waals surface area contributed by atoms with Crippen LogP contribution in [0.5, 0.6) is 0 Å². The third-order valence-corrected chi connectivity index (χ3v) is 4.32. The highest BCUT2D eigenvalue weighted by Gasteiger charge is 2.27. The van der Waals surface area contributed by atoms with Crippen LogP contribution in [0.25, 0.3) is 11.0 Å². The van der Waals surface area contributed by atoms with Crippen LogP contribution in [-0.4, -0.2) is 68.5 Å². The maximum atomic E-state index is 5.89. The van der Waals surface area contributed by atoms with Crippen molar-refractivity contribution in [2.24, 2.45) is 0 Å². The van der Waals surface area contributed by atoms with Gasteiger partial charge in [0.25, 0.3) is 0 Å². The van der Waals surface area contributed by atoms with Crippen molar-refractivity contribution in [2.75, 3.05) is 33.4 Å². The molecule has 25 heavy (non-hydrogen) atoms. The minimum Gasteiger partial charge on any atom is -0.383 e. The molecule has 1 N–H and O–H groups in total. The first-order valence-corrected chi connectivity index (χ1v) is 8.36. The lowest BCUT2D eigenvalue weighted by atomic mass is 10.2. The quantitative estimate of drug-likeness (QED) is 0.706. The highest BCUT2D eigenvalue weighted by atomic mass is 16.5. The van der Waals surface area contributed by atoms with Gasteiger partial charge in [-0.15, -0.1) is 5.10 Å². The number of hydrogen-bond donors (Lipinski definition) is 1. The van der Waals surface area contributed by atoms with Crippen molar-refractivity contribution in [1.29, 1.82) is 0 Å². The van der Waals surface area contributed by atoms with Crippen LogP contribution in [0.2, 0.25) is 0 Å². The highest BCUT2D eigenvalue weighted by molar-refractivity contribution is 5.74. The van der Waals surface area contributed by atoms with Gasteiger partial charge in [-0.3, -0.25) is 4.90 Å². The van der Waals surface area contributed by atoms with E-state index in [4.69, 9.17) is 9.47 Å². The lowest BCUT2D eigenvalue weighted by Gasteiger charge is -2.31. The third-order valence-electron chi connectivity index (χ3n) is 4.32. The molecule has 1 saturated heterocycles. The number of imidazole rings is 1. The summed E-state index contributed by atoms with van der Waals surface area (Å²) in [5, 5.41) is 11.9. The van der Waals surface area contributed by atoms with Crippen molar-refractivity contribution in [3.8, 4) is 0 Å². The molecule has 9 nitrogen and oxygen atoms in total. The number of nitrogens with one attached hydrogen (secondary N) is 1. The molecule has 1 fully saturated rings. The minimum atomic E-state index is -0.148. The zero-order chi connectivity index (χ0) is 17.1. The van der Waals surface area contributed by atoms with Crippen LogP contribution < -0.4 is 0 Å². The summed E-state index contributed by atoms with van der Waals surface area (Å²) in [5.41, 5.74) is 2.05. The molecular weight excluding hydrogens is 322 g/mol. The molecule has 0 unspecified atom stereocenters. The number of H-pyrrole nitrogens is 1. The molecule has 0 saturated carbocycles. The Hall–Kier alpha value is -2.36. The molecule has 2 aromatic heterocycles. The standard InChI is InChI=1S/C16H21N7O2/c1-24-8-7-23-16(19-20-21-23)14-10-22(6-9-25-14)11-15-17-12-4-2-3-5-13(12)18-15/h2-5,14H,6-11H2,1H3,(H,17,18)/t14-/m1/s1. The summed E-state index contributed by atoms with van der Waals surface area (Å²) < 4.78 is 12.7. The van der Waals surface area contributed by atoms with Crippen molar-refractivity contribution in [3.63, 3.8) is 0 Å². The SMILES string of the molecule is COCCn1nnnc1[C@H]1CN(Cc2nc3ccccc3[nH]2)CCO1. The van der Waals surface area contributed by atoms with Crippen LogP contribution in [0.1, 0.15) is 17.8 Å². The molecule has 132 valence electrons. The zero-order valence-corrected chi connectivity index (χ0v) is 14.1. The van der Waals surface area contributed by atoms with Crippen molar-refractivity contribution in [3.05, 3.63) is 35.9 Å². The number of fused-ring (bicyclic) bond motifs is 1. The van der Waals surface area contributed by atoms with Crippen LogP contribution >= 0.6 is 0 Å². The van der Waals surface area contributed by atoms with E-state index in [9.17, 15) is 0 Å². The molecule has 4 rings (SSSR count). The molecule has 0 amide bonds. The maximum absolute atomic E-state index is 5.89. The molecule has 0 spiro atoms. The number of aromatic amines is 1. The average molecular weight is 343 g/mol. The molecule has 0 aliphatic carbocycles. The molecule has 3 aromatic rings. The maximum Gasteiger partial charge on any atom is 0.181 e. The summed E-state index contributed by atoms with van der Waals surface area (Å²) in [6, 6.07) is 8.06. The predicted octanol–water partition coefficient (Wildman–Crippen LogP) is 0.769. The van der Waals surface area contributed by atoms with E-state index in [0.29, 0.717) is 19.8 Å². The second-order valence-electron chi connectivity index (χ2n) is 6.05. The number of hydrogen-bond acceptors (Lipinski definition) is 7. The summed E-state index contributed by atoms with van der Waals surface area (Å²) in [6.45, 7) is 4.14. The Kier molecular flexibility index (Phi) is 4.68. The van der Waals surface area contributed by atoms with Gasteiger partial charge in [0.1, 0.15) is 11.9 Å². The Balaban J connectivity index is 1.45. The Bertz CT molecular complexity index is 798. The fourth-order valence-electron chi connectivity index (χ4n) is 3.07. The van der Waals surface area contributed by atoms with Gasteiger partial charge in [0.2, 0.25) is 0 Å². The average Bonchev–Trinajstić information content (AvgIpc) is 3.26. The van der Waals surface area contributed by atoms with Crippen LogP contribution in [0.3, 0.4) is 0 Å². The smallest absolute Gasteiger partial charge is 0.181 e. The molecule has 1 aromatic carbocycles. The van der Waals surface area contributed by atoms with Gasteiger partial charge in [-0.2, -0.15) is 0 Å². The third kappa shape index (κ3) is 3.53. The summed E-state index contributed by atoms with van der Waals surface area (Å²) >= 11 is 0. The van der Waals surface area contributed by atoms with Crippen molar-refractivity contribution in [2.45, 2.75) is 19.2 Å². The summed E-state index contributed by atoms with van der Waals surface area (Å²) in [7, 11) is 1.66. The number of nitrogens with zero attached hydrogens (tertiary/aromatic N) is 6. The van der Waals surface area contributed by atoms with Gasteiger partial charge in [0, 0.05) is 20.2 Å². The van der Waals surface area contributed by atoms with E-state index in [1.54, 1.807) is 11.8 Å². The van der Waals surface area contributed by atoms with Gasteiger partial charge in [-0.05, 0) is 22.6 Å². The van der Waals surface area contributed by atoms with E-state index >= 15 is 0 Å². The molecule has 9 heteroatoms. The predicted molar refractivity (Wildman–Crippen MR) is 89.8 cm³/mol. The van der Waals surface area contributed by atoms with Crippen LogP contribution in [0.4, 0.5) is 0 Å². The second-order valence-corrected chi connectivity index (χ2v) is 6.05. The van der Waals surface area contributed by atoms with Crippen LogP contribution in [0.15, 0.2) is 24.3 Å². The number of tetrazole rings is 1. The fraction of sp³-hybridized carbons (Fsp3) is 0.500. The van der Waals surface area contributed by atoms with E-state index in [0.717, 1.165) is 42.3 Å². The van der Waals surface area contributed by atoms with E-state index in [1.165, 1.54) is 0 Å². The van der Waals surface area contributed by atoms with Crippen LogP contribution in [-0.2, 0) is 22.6 Å². The van der Waals surface area contributed by atoms with Gasteiger partial charge in [-0.1, -0.05) is 12.1 Å². The monoisotopic (exact) mass is 343 g/mol. The lowest BCUT2D eigenvalue weighted by molar-refractivity contribution is -0.0403. The number of para-hydroxylation sites is 2. The molecule has 1 aliphatic heterocycles. The molecule has 1 atom stereocenters. The Morgan fingerprint density at radius 3 is 3.16 bits per heavy atom. The number of ether oxygens (including phenoxy) is 2. The largest absolute Gasteiger partial charge is 0.383 e. The molecular formula is C16H21N7O2. The number of rotatable bonds is 6. The second kappa shape index (κ2) is 7.26. The number of benzene rings is 1. The van der Waals surface area contributed by atoms with E-state index in [-0.39, 0.29) is 6.10 Å². The Morgan fingerprint density at radius 2 is 2.28 bits per heavy atom. The summed E-state index contributed by atoms with van der Waals surface area (Å²) in [5.74, 6) is 1.70. The molecule has 0 bridgehead atoms. The molecule has 0 radical (unpaired) electrons. The minimum absolute atomic E-state index is 0.148. The van der Waals surface area contributed by atoms with Crippen molar-refractivity contribution >= 4 is 11.0 Å². The highest BCUT2D eigenvalue weighted by Crippen LogP contribution is 2.21. The zero-order valence-electron chi connectivity index (χ0n) is 14.1. The van der Waals surface area contributed by atoms with E-state index < -0.39 is 0 Å². The summed E-state index contributed by atoms with van der Waals surface area (Å²) in [6.07, 6.45) is -0.148. The van der Waals surface area contributed by atoms with Gasteiger partial charge in [0.15, 0.2) is 5.82 Å². The normalized spacial score (nSPS) is 18.8. The lowest BCUT2D eigenvalue weighted by Crippen LogP contribution is -2.39. The van der Waals surface area contributed by atoms with E-state index in [2.05, 4.69) is 30.4 Å². The van der Waals surface area contributed by atoms with Crippen molar-refractivity contribution in [1.82, 2.24) is 35.1 Å². The van der Waals surface area contributed by atoms with Gasteiger partial charge < -0.3 is 14.5 Å². The topological polar surface area (TPSA) is 94.0 Å². The number of morpholine rings is 1. The number of aromatic nitrogens is 6.